The molecule has 1 heterocycles. The number of halogens is 2. The molecule has 0 unspecified atom stereocenters. The minimum absolute atomic E-state index is 0.00577. The molecule has 0 aliphatic carbocycles. The van der Waals surface area contributed by atoms with E-state index in [0.29, 0.717) is 6.54 Å². The third-order valence-electron chi connectivity index (χ3n) is 2.44. The molecular formula is C12H11BrFNO. The Bertz CT molecular complexity index is 496. The Morgan fingerprint density at radius 3 is 2.81 bits per heavy atom. The summed E-state index contributed by atoms with van der Waals surface area (Å²) in [5, 5.41) is 9.11. The molecule has 4 heteroatoms. The second-order valence-corrected chi connectivity index (χ2v) is 4.38. The van der Waals surface area contributed by atoms with E-state index in [2.05, 4.69) is 15.9 Å². The van der Waals surface area contributed by atoms with Crippen LogP contribution in [0.25, 0.3) is 0 Å². The molecule has 16 heavy (non-hydrogen) atoms. The van der Waals surface area contributed by atoms with Crippen LogP contribution in [0.2, 0.25) is 0 Å². The summed E-state index contributed by atoms with van der Waals surface area (Å²) in [6.45, 7) is 0.621. The highest BCUT2D eigenvalue weighted by Crippen LogP contribution is 2.19. The van der Waals surface area contributed by atoms with Gasteiger partial charge in [0.1, 0.15) is 5.82 Å². The molecule has 0 bridgehead atoms. The second-order valence-electron chi connectivity index (χ2n) is 3.52. The first-order valence-corrected chi connectivity index (χ1v) is 5.69. The summed E-state index contributed by atoms with van der Waals surface area (Å²) in [6.07, 6.45) is 1.89. The van der Waals surface area contributed by atoms with Crippen molar-refractivity contribution >= 4 is 15.9 Å². The third kappa shape index (κ3) is 2.33. The molecule has 1 N–H and O–H groups in total. The first-order valence-electron chi connectivity index (χ1n) is 4.89. The van der Waals surface area contributed by atoms with Crippen LogP contribution >= 0.6 is 15.9 Å². The van der Waals surface area contributed by atoms with Crippen LogP contribution in [0, 0.1) is 5.82 Å². The number of hydrogen-bond acceptors (Lipinski definition) is 1. The first-order chi connectivity index (χ1) is 7.70. The molecule has 0 radical (unpaired) electrons. The molecular weight excluding hydrogens is 273 g/mol. The summed E-state index contributed by atoms with van der Waals surface area (Å²) in [5.74, 6) is -0.259. The fourth-order valence-electron chi connectivity index (χ4n) is 1.58. The van der Waals surface area contributed by atoms with Crippen molar-refractivity contribution in [2.75, 3.05) is 0 Å². The number of aliphatic hydroxyl groups excluding tert-OH is 1. The van der Waals surface area contributed by atoms with Gasteiger partial charge in [-0.25, -0.2) is 4.39 Å². The van der Waals surface area contributed by atoms with Crippen LogP contribution in [0.4, 0.5) is 4.39 Å². The number of hydrogen-bond donors (Lipinski definition) is 1. The molecule has 1 aromatic heterocycles. The zero-order valence-electron chi connectivity index (χ0n) is 8.53. The Kier molecular flexibility index (Phi) is 3.41. The molecule has 0 amide bonds. The Hall–Kier alpha value is -1.13. The monoisotopic (exact) mass is 283 g/mol. The van der Waals surface area contributed by atoms with Crippen LogP contribution < -0.4 is 0 Å². The summed E-state index contributed by atoms with van der Waals surface area (Å²) in [5.41, 5.74) is 1.82. The lowest BCUT2D eigenvalue weighted by Gasteiger charge is -2.09. The molecule has 2 aromatic rings. The third-order valence-corrected chi connectivity index (χ3v) is 3.18. The SMILES string of the molecule is OCc1cccn1Cc1ccc(F)cc1Br. The molecule has 0 spiro atoms. The molecule has 2 rings (SSSR count). The van der Waals surface area contributed by atoms with E-state index in [1.165, 1.54) is 12.1 Å². The van der Waals surface area contributed by atoms with Crippen molar-refractivity contribution in [3.63, 3.8) is 0 Å². The average molecular weight is 284 g/mol. The lowest BCUT2D eigenvalue weighted by molar-refractivity contribution is 0.271. The molecule has 1 aromatic carbocycles. The maximum atomic E-state index is 12.9. The quantitative estimate of drug-likeness (QED) is 0.921. The summed E-state index contributed by atoms with van der Waals surface area (Å²) < 4.78 is 15.6. The number of rotatable bonds is 3. The van der Waals surface area contributed by atoms with Gasteiger partial charge in [-0.2, -0.15) is 0 Å². The van der Waals surface area contributed by atoms with E-state index in [-0.39, 0.29) is 12.4 Å². The van der Waals surface area contributed by atoms with Gasteiger partial charge in [0.2, 0.25) is 0 Å². The number of aromatic nitrogens is 1. The van der Waals surface area contributed by atoms with Gasteiger partial charge in [0.15, 0.2) is 0 Å². The van der Waals surface area contributed by atoms with Crippen LogP contribution in [-0.4, -0.2) is 9.67 Å². The van der Waals surface area contributed by atoms with Gasteiger partial charge in [-0.3, -0.25) is 0 Å². The predicted molar refractivity (Wildman–Crippen MR) is 63.6 cm³/mol. The molecule has 0 saturated carbocycles. The minimum Gasteiger partial charge on any atom is -0.390 e. The molecule has 0 fully saturated rings. The van der Waals surface area contributed by atoms with Crippen LogP contribution in [0.5, 0.6) is 0 Å². The highest BCUT2D eigenvalue weighted by molar-refractivity contribution is 9.10. The van der Waals surface area contributed by atoms with E-state index in [0.717, 1.165) is 15.7 Å². The van der Waals surface area contributed by atoms with Crippen molar-refractivity contribution < 1.29 is 9.50 Å². The van der Waals surface area contributed by atoms with E-state index in [1.807, 2.05) is 22.9 Å². The van der Waals surface area contributed by atoms with E-state index in [9.17, 15) is 4.39 Å². The van der Waals surface area contributed by atoms with E-state index in [1.54, 1.807) is 6.07 Å². The van der Waals surface area contributed by atoms with Gasteiger partial charge in [-0.1, -0.05) is 22.0 Å². The largest absolute Gasteiger partial charge is 0.390 e. The topological polar surface area (TPSA) is 25.2 Å². The first kappa shape index (κ1) is 11.4. The zero-order chi connectivity index (χ0) is 11.5. The maximum absolute atomic E-state index is 12.9. The predicted octanol–water partition coefficient (Wildman–Crippen LogP) is 2.93. The van der Waals surface area contributed by atoms with Crippen LogP contribution in [0.3, 0.4) is 0 Å². The van der Waals surface area contributed by atoms with E-state index in [4.69, 9.17) is 5.11 Å². The van der Waals surface area contributed by atoms with E-state index >= 15 is 0 Å². The highest BCUT2D eigenvalue weighted by Gasteiger charge is 2.04. The van der Waals surface area contributed by atoms with Crippen LogP contribution in [0.15, 0.2) is 41.0 Å². The van der Waals surface area contributed by atoms with Crippen molar-refractivity contribution in [2.24, 2.45) is 0 Å². The average Bonchev–Trinajstić information content (AvgIpc) is 2.69. The maximum Gasteiger partial charge on any atom is 0.124 e. The zero-order valence-corrected chi connectivity index (χ0v) is 10.1. The number of benzene rings is 1. The molecule has 0 aliphatic rings. The van der Waals surface area contributed by atoms with Gasteiger partial charge < -0.3 is 9.67 Å². The smallest absolute Gasteiger partial charge is 0.124 e. The lowest BCUT2D eigenvalue weighted by atomic mass is 10.2. The van der Waals surface area contributed by atoms with Crippen molar-refractivity contribution in [1.29, 1.82) is 0 Å². The number of nitrogens with zero attached hydrogens (tertiary/aromatic N) is 1. The van der Waals surface area contributed by atoms with Crippen molar-refractivity contribution in [3.8, 4) is 0 Å². The Morgan fingerprint density at radius 2 is 2.12 bits per heavy atom. The molecule has 2 nitrogen and oxygen atoms in total. The Morgan fingerprint density at radius 1 is 1.31 bits per heavy atom. The van der Waals surface area contributed by atoms with Gasteiger partial charge in [0.25, 0.3) is 0 Å². The summed E-state index contributed by atoms with van der Waals surface area (Å²) >= 11 is 3.32. The molecule has 84 valence electrons. The summed E-state index contributed by atoms with van der Waals surface area (Å²) in [6, 6.07) is 8.35. The summed E-state index contributed by atoms with van der Waals surface area (Å²) in [7, 11) is 0. The van der Waals surface area contributed by atoms with Gasteiger partial charge in [-0.15, -0.1) is 0 Å². The van der Waals surface area contributed by atoms with Crippen molar-refractivity contribution in [2.45, 2.75) is 13.2 Å². The van der Waals surface area contributed by atoms with Gasteiger partial charge in [-0.05, 0) is 29.8 Å². The fourth-order valence-corrected chi connectivity index (χ4v) is 2.06. The number of aliphatic hydroxyl groups is 1. The van der Waals surface area contributed by atoms with Gasteiger partial charge in [0, 0.05) is 22.9 Å². The fraction of sp³-hybridized carbons (Fsp3) is 0.167. The Balaban J connectivity index is 2.27. The normalized spacial score (nSPS) is 10.7. The van der Waals surface area contributed by atoms with Gasteiger partial charge >= 0.3 is 0 Å². The minimum atomic E-state index is -0.259. The van der Waals surface area contributed by atoms with E-state index < -0.39 is 0 Å². The standard InChI is InChI=1S/C12H11BrFNO/c13-12-6-10(14)4-3-9(12)7-15-5-1-2-11(15)8-16/h1-6,16H,7-8H2. The Labute approximate surface area is 101 Å². The van der Waals surface area contributed by atoms with Crippen LogP contribution in [0.1, 0.15) is 11.3 Å². The van der Waals surface area contributed by atoms with Crippen molar-refractivity contribution in [1.82, 2.24) is 4.57 Å². The summed E-state index contributed by atoms with van der Waals surface area (Å²) in [4.78, 5) is 0. The van der Waals surface area contributed by atoms with Crippen molar-refractivity contribution in [3.05, 3.63) is 58.1 Å². The molecule has 0 atom stereocenters. The molecule has 0 saturated heterocycles. The van der Waals surface area contributed by atoms with Crippen LogP contribution in [-0.2, 0) is 13.2 Å². The highest BCUT2D eigenvalue weighted by atomic mass is 79.9. The molecule has 0 aliphatic heterocycles. The second kappa shape index (κ2) is 4.80. The van der Waals surface area contributed by atoms with Gasteiger partial charge in [0.05, 0.1) is 6.61 Å². The lowest BCUT2D eigenvalue weighted by Crippen LogP contribution is -2.03.